The first-order valence-corrected chi connectivity index (χ1v) is 11.9. The lowest BCUT2D eigenvalue weighted by atomic mass is 10.1. The van der Waals surface area contributed by atoms with E-state index in [1.165, 1.54) is 5.57 Å². The normalized spacial score (nSPS) is 18.2. The van der Waals surface area contributed by atoms with Crippen LogP contribution in [0.3, 0.4) is 0 Å². The third kappa shape index (κ3) is 6.68. The summed E-state index contributed by atoms with van der Waals surface area (Å²) in [5.74, 6) is -1.49. The molecule has 0 radical (unpaired) electrons. The molecule has 1 atom stereocenters. The van der Waals surface area contributed by atoms with Gasteiger partial charge in [-0.05, 0) is 49.8 Å². The van der Waals surface area contributed by atoms with Crippen molar-refractivity contribution in [3.05, 3.63) is 76.9 Å². The Labute approximate surface area is 204 Å². The largest absolute Gasteiger partial charge is 0.486 e. The van der Waals surface area contributed by atoms with Crippen molar-refractivity contribution in [2.24, 2.45) is 0 Å². The van der Waals surface area contributed by atoms with E-state index in [1.807, 2.05) is 26.0 Å². The highest BCUT2D eigenvalue weighted by Crippen LogP contribution is 2.27. The summed E-state index contributed by atoms with van der Waals surface area (Å²) in [6.07, 6.45) is 6.94. The highest BCUT2D eigenvalue weighted by Gasteiger charge is 2.19. The summed E-state index contributed by atoms with van der Waals surface area (Å²) in [6.45, 7) is 7.93. The quantitative estimate of drug-likeness (QED) is 0.558. The fourth-order valence-electron chi connectivity index (χ4n) is 4.11. The molecular weight excluding hydrogens is 452 g/mol. The van der Waals surface area contributed by atoms with E-state index in [0.29, 0.717) is 37.7 Å². The van der Waals surface area contributed by atoms with Crippen LogP contribution in [-0.2, 0) is 4.74 Å². The van der Waals surface area contributed by atoms with E-state index >= 15 is 0 Å². The second kappa shape index (κ2) is 11.5. The van der Waals surface area contributed by atoms with Crippen LogP contribution < -0.4 is 15.4 Å². The van der Waals surface area contributed by atoms with Gasteiger partial charge in [-0.3, -0.25) is 9.69 Å². The van der Waals surface area contributed by atoms with E-state index in [9.17, 15) is 13.6 Å². The summed E-state index contributed by atoms with van der Waals surface area (Å²) in [6, 6.07) is 7.11. The maximum atomic E-state index is 14.6. The number of aryl methyl sites for hydroxylation is 1. The molecule has 186 valence electrons. The van der Waals surface area contributed by atoms with Gasteiger partial charge in [0.2, 0.25) is 0 Å². The number of hydrogen-bond donors (Lipinski definition) is 2. The lowest BCUT2D eigenvalue weighted by molar-refractivity contribution is 0.0398. The molecule has 0 bridgehead atoms. The number of nitrogens with one attached hydrogen (secondary N) is 2. The van der Waals surface area contributed by atoms with E-state index in [4.69, 9.17) is 9.47 Å². The second-order valence-corrected chi connectivity index (χ2v) is 8.82. The minimum atomic E-state index is -0.809. The molecule has 0 spiro atoms. The number of benzene rings is 2. The summed E-state index contributed by atoms with van der Waals surface area (Å²) < 4.78 is 40.0. The zero-order valence-electron chi connectivity index (χ0n) is 20.1. The summed E-state index contributed by atoms with van der Waals surface area (Å²) in [4.78, 5) is 15.2. The Bertz CT molecular complexity index is 1130. The van der Waals surface area contributed by atoms with Gasteiger partial charge in [0.1, 0.15) is 23.5 Å². The van der Waals surface area contributed by atoms with Gasteiger partial charge in [0.05, 0.1) is 24.5 Å². The van der Waals surface area contributed by atoms with E-state index < -0.39 is 17.5 Å². The number of carbonyl (C=O) groups excluding carboxylic acids is 1. The first-order valence-electron chi connectivity index (χ1n) is 11.9. The van der Waals surface area contributed by atoms with Gasteiger partial charge in [-0.25, -0.2) is 8.78 Å². The van der Waals surface area contributed by atoms with Crippen LogP contribution in [0.25, 0.3) is 0 Å². The molecule has 1 aliphatic heterocycles. The molecular formula is C27H31F2N3O3. The molecule has 2 aliphatic rings. The van der Waals surface area contributed by atoms with Crippen molar-refractivity contribution in [3.8, 4) is 5.75 Å². The first kappa shape index (κ1) is 24.9. The van der Waals surface area contributed by atoms with Crippen molar-refractivity contribution in [2.75, 3.05) is 50.0 Å². The third-order valence-corrected chi connectivity index (χ3v) is 6.09. The van der Waals surface area contributed by atoms with Gasteiger partial charge < -0.3 is 20.1 Å². The van der Waals surface area contributed by atoms with Crippen LogP contribution in [0.4, 0.5) is 20.2 Å². The van der Waals surface area contributed by atoms with Crippen LogP contribution in [0.5, 0.6) is 5.75 Å². The molecule has 1 saturated heterocycles. The maximum Gasteiger partial charge on any atom is 0.257 e. The average Bonchev–Trinajstić information content (AvgIpc) is 2.84. The number of halogens is 2. The maximum absolute atomic E-state index is 14.6. The second-order valence-electron chi connectivity index (χ2n) is 8.82. The minimum Gasteiger partial charge on any atom is -0.486 e. The van der Waals surface area contributed by atoms with Crippen LogP contribution in [0.2, 0.25) is 0 Å². The van der Waals surface area contributed by atoms with E-state index in [0.717, 1.165) is 37.2 Å². The Morgan fingerprint density at radius 1 is 1.17 bits per heavy atom. The number of rotatable bonds is 8. The number of ether oxygens (including phenoxy) is 2. The molecule has 8 heteroatoms. The van der Waals surface area contributed by atoms with Gasteiger partial charge in [-0.15, -0.1) is 0 Å². The molecule has 6 nitrogen and oxygen atoms in total. The molecule has 4 rings (SSSR count). The highest BCUT2D eigenvalue weighted by atomic mass is 19.1. The molecule has 2 N–H and O–H groups in total. The molecule has 1 heterocycles. The number of allylic oxidation sites excluding steroid dienone is 2. The van der Waals surface area contributed by atoms with Gasteiger partial charge in [-0.1, -0.05) is 17.7 Å². The molecule has 1 aliphatic carbocycles. The molecule has 1 fully saturated rings. The summed E-state index contributed by atoms with van der Waals surface area (Å²) in [7, 11) is 0. The zero-order chi connectivity index (χ0) is 24.8. The smallest absolute Gasteiger partial charge is 0.257 e. The van der Waals surface area contributed by atoms with Gasteiger partial charge in [0, 0.05) is 44.4 Å². The summed E-state index contributed by atoms with van der Waals surface area (Å²) in [5, 5.41) is 5.73. The van der Waals surface area contributed by atoms with Crippen LogP contribution in [0.15, 0.2) is 54.1 Å². The lowest BCUT2D eigenvalue weighted by Crippen LogP contribution is -2.39. The predicted molar refractivity (Wildman–Crippen MR) is 133 cm³/mol. The Hall–Kier alpha value is -3.23. The number of hydrogen-bond acceptors (Lipinski definition) is 5. The molecule has 0 aromatic heterocycles. The Morgan fingerprint density at radius 3 is 2.69 bits per heavy atom. The Morgan fingerprint density at radius 2 is 1.97 bits per heavy atom. The topological polar surface area (TPSA) is 62.8 Å². The molecule has 1 unspecified atom stereocenters. The monoisotopic (exact) mass is 483 g/mol. The van der Waals surface area contributed by atoms with Gasteiger partial charge in [0.25, 0.3) is 5.91 Å². The Balaban J connectivity index is 1.42. The molecule has 0 saturated carbocycles. The van der Waals surface area contributed by atoms with Crippen LogP contribution >= 0.6 is 0 Å². The SMILES string of the molecule is CC1=CCC(Oc2ccc(NC(=O)c3cc(F)cc(F)c3NCCN3CCOCC3)cc2C)C=C1. The minimum absolute atomic E-state index is 0.0127. The van der Waals surface area contributed by atoms with E-state index in [1.54, 1.807) is 18.2 Å². The number of nitrogens with zero attached hydrogens (tertiary/aromatic N) is 1. The average molecular weight is 484 g/mol. The van der Waals surface area contributed by atoms with Crippen LogP contribution in [0.1, 0.15) is 29.3 Å². The van der Waals surface area contributed by atoms with Crippen molar-refractivity contribution >= 4 is 17.3 Å². The summed E-state index contributed by atoms with van der Waals surface area (Å²) >= 11 is 0. The van der Waals surface area contributed by atoms with Gasteiger partial charge in [-0.2, -0.15) is 0 Å². The Kier molecular flexibility index (Phi) is 8.15. The lowest BCUT2D eigenvalue weighted by Gasteiger charge is -2.26. The number of amides is 1. The third-order valence-electron chi connectivity index (χ3n) is 6.09. The zero-order valence-corrected chi connectivity index (χ0v) is 20.1. The van der Waals surface area contributed by atoms with Crippen molar-refractivity contribution in [3.63, 3.8) is 0 Å². The summed E-state index contributed by atoms with van der Waals surface area (Å²) in [5.41, 5.74) is 2.47. The fraction of sp³-hybridized carbons (Fsp3) is 0.370. The molecule has 35 heavy (non-hydrogen) atoms. The van der Waals surface area contributed by atoms with Gasteiger partial charge >= 0.3 is 0 Å². The van der Waals surface area contributed by atoms with E-state index in [2.05, 4.69) is 21.6 Å². The molecule has 2 aromatic carbocycles. The standard InChI is InChI=1S/C27H31F2N3O3/c1-18-3-6-22(7-4-18)35-25-8-5-21(15-19(25)2)31-27(33)23-16-20(28)17-24(29)26(23)30-9-10-32-11-13-34-14-12-32/h3-6,8,15-17,22,30H,7,9-14H2,1-2H3,(H,31,33). The van der Waals surface area contributed by atoms with Gasteiger partial charge in [0.15, 0.2) is 0 Å². The number of anilines is 2. The van der Waals surface area contributed by atoms with Crippen molar-refractivity contribution in [2.45, 2.75) is 26.4 Å². The highest BCUT2D eigenvalue weighted by molar-refractivity contribution is 6.08. The van der Waals surface area contributed by atoms with Crippen LogP contribution in [0, 0.1) is 18.6 Å². The fourth-order valence-corrected chi connectivity index (χ4v) is 4.11. The van der Waals surface area contributed by atoms with Crippen LogP contribution in [-0.4, -0.2) is 56.3 Å². The molecule has 2 aromatic rings. The van der Waals surface area contributed by atoms with Crippen molar-refractivity contribution < 1.29 is 23.0 Å². The number of morpholine rings is 1. The number of carbonyl (C=O) groups is 1. The predicted octanol–water partition coefficient (Wildman–Crippen LogP) is 4.92. The van der Waals surface area contributed by atoms with Crippen molar-refractivity contribution in [1.82, 2.24) is 4.90 Å². The first-order chi connectivity index (χ1) is 16.9. The van der Waals surface area contributed by atoms with E-state index in [-0.39, 0.29) is 17.4 Å². The molecule has 1 amide bonds. The van der Waals surface area contributed by atoms with Crippen molar-refractivity contribution in [1.29, 1.82) is 0 Å².